The van der Waals surface area contributed by atoms with E-state index in [0.29, 0.717) is 28.7 Å². The molecule has 0 radical (unpaired) electrons. The van der Waals surface area contributed by atoms with Crippen LogP contribution in [0.15, 0.2) is 4.90 Å². The first-order valence-corrected chi connectivity index (χ1v) is 7.32. The molecular weight excluding hydrogens is 262 g/mol. The first-order valence-electron chi connectivity index (χ1n) is 5.35. The molecule has 0 bridgehead atoms. The first-order chi connectivity index (χ1) is 7.82. The molecule has 0 N–H and O–H groups in total. The van der Waals surface area contributed by atoms with Crippen molar-refractivity contribution in [1.29, 1.82) is 0 Å². The molecule has 0 spiro atoms. The van der Waals surface area contributed by atoms with Gasteiger partial charge < -0.3 is 0 Å². The minimum Gasteiger partial charge on any atom is -0.268 e. The zero-order valence-corrected chi connectivity index (χ0v) is 12.1. The summed E-state index contributed by atoms with van der Waals surface area (Å²) in [5.41, 5.74) is 1.20. The third-order valence-corrected chi connectivity index (χ3v) is 4.89. The summed E-state index contributed by atoms with van der Waals surface area (Å²) >= 11 is 5.62. The van der Waals surface area contributed by atoms with Crippen molar-refractivity contribution in [2.45, 2.75) is 31.7 Å². The van der Waals surface area contributed by atoms with Gasteiger partial charge in [0.2, 0.25) is 10.0 Å². The summed E-state index contributed by atoms with van der Waals surface area (Å²) < 4.78 is 27.1. The third-order valence-electron chi connectivity index (χ3n) is 2.56. The van der Waals surface area contributed by atoms with Gasteiger partial charge in [0.15, 0.2) is 0 Å². The zero-order valence-electron chi connectivity index (χ0n) is 10.6. The SMILES string of the molecule is Cc1nn(CCCCl)c(C)c1S(=O)(=O)N(C)C. The Morgan fingerprint density at radius 3 is 2.41 bits per heavy atom. The van der Waals surface area contributed by atoms with Crippen molar-refractivity contribution in [2.75, 3.05) is 20.0 Å². The second-order valence-corrected chi connectivity index (χ2v) is 6.52. The molecule has 17 heavy (non-hydrogen) atoms. The van der Waals surface area contributed by atoms with Crippen molar-refractivity contribution < 1.29 is 8.42 Å². The molecule has 98 valence electrons. The van der Waals surface area contributed by atoms with Gasteiger partial charge in [-0.05, 0) is 20.3 Å². The molecule has 0 unspecified atom stereocenters. The monoisotopic (exact) mass is 279 g/mol. The molecule has 0 aliphatic carbocycles. The van der Waals surface area contributed by atoms with Crippen LogP contribution < -0.4 is 0 Å². The van der Waals surface area contributed by atoms with Crippen LogP contribution >= 0.6 is 11.6 Å². The molecule has 0 amide bonds. The lowest BCUT2D eigenvalue weighted by Crippen LogP contribution is -2.23. The Labute approximate surface area is 107 Å². The van der Waals surface area contributed by atoms with Gasteiger partial charge in [-0.1, -0.05) is 0 Å². The molecule has 0 fully saturated rings. The summed E-state index contributed by atoms with van der Waals surface area (Å²) in [5.74, 6) is 0.536. The minimum absolute atomic E-state index is 0.303. The first kappa shape index (κ1) is 14.5. The van der Waals surface area contributed by atoms with Crippen LogP contribution in [0.2, 0.25) is 0 Å². The summed E-state index contributed by atoms with van der Waals surface area (Å²) in [7, 11) is -0.389. The number of aryl methyl sites for hydroxylation is 2. The molecule has 0 saturated heterocycles. The van der Waals surface area contributed by atoms with E-state index < -0.39 is 10.0 Å². The molecular formula is C10H18ClN3O2S. The summed E-state index contributed by atoms with van der Waals surface area (Å²) in [5, 5.41) is 4.25. The molecule has 1 aromatic heterocycles. The van der Waals surface area contributed by atoms with Crippen LogP contribution in [0.4, 0.5) is 0 Å². The van der Waals surface area contributed by atoms with Crippen LogP contribution in [0.3, 0.4) is 0 Å². The standard InChI is InChI=1S/C10H18ClN3O2S/c1-8-10(17(15,16)13(3)4)9(2)14(12-8)7-5-6-11/h5-7H2,1-4H3. The average molecular weight is 280 g/mol. The zero-order chi connectivity index (χ0) is 13.2. The Hall–Kier alpha value is -0.590. The van der Waals surface area contributed by atoms with E-state index in [9.17, 15) is 8.42 Å². The quantitative estimate of drug-likeness (QED) is 0.765. The van der Waals surface area contributed by atoms with Gasteiger partial charge in [0.05, 0.1) is 11.4 Å². The lowest BCUT2D eigenvalue weighted by molar-refractivity contribution is 0.518. The van der Waals surface area contributed by atoms with Crippen molar-refractivity contribution in [3.8, 4) is 0 Å². The minimum atomic E-state index is -3.43. The Kier molecular flexibility index (Phi) is 4.57. The Morgan fingerprint density at radius 2 is 1.94 bits per heavy atom. The normalized spacial score (nSPS) is 12.4. The van der Waals surface area contributed by atoms with Crippen LogP contribution in [0, 0.1) is 13.8 Å². The van der Waals surface area contributed by atoms with Gasteiger partial charge in [-0.15, -0.1) is 11.6 Å². The van der Waals surface area contributed by atoms with E-state index in [1.807, 2.05) is 0 Å². The Balaban J connectivity index is 3.23. The van der Waals surface area contributed by atoms with Gasteiger partial charge in [-0.2, -0.15) is 5.10 Å². The van der Waals surface area contributed by atoms with Crippen LogP contribution in [-0.4, -0.2) is 42.5 Å². The maximum Gasteiger partial charge on any atom is 0.246 e. The highest BCUT2D eigenvalue weighted by Crippen LogP contribution is 2.22. The predicted octanol–water partition coefficient (Wildman–Crippen LogP) is 1.38. The van der Waals surface area contributed by atoms with Crippen molar-refractivity contribution in [3.63, 3.8) is 0 Å². The summed E-state index contributed by atoms with van der Waals surface area (Å²) in [6.45, 7) is 4.12. The highest BCUT2D eigenvalue weighted by Gasteiger charge is 2.26. The maximum absolute atomic E-state index is 12.1. The van der Waals surface area contributed by atoms with E-state index in [0.717, 1.165) is 6.42 Å². The number of aromatic nitrogens is 2. The van der Waals surface area contributed by atoms with E-state index in [-0.39, 0.29) is 0 Å². The van der Waals surface area contributed by atoms with E-state index >= 15 is 0 Å². The lowest BCUT2D eigenvalue weighted by Gasteiger charge is -2.11. The number of nitrogens with zero attached hydrogens (tertiary/aromatic N) is 3. The lowest BCUT2D eigenvalue weighted by atomic mass is 10.4. The largest absolute Gasteiger partial charge is 0.268 e. The van der Waals surface area contributed by atoms with E-state index in [4.69, 9.17) is 11.6 Å². The van der Waals surface area contributed by atoms with E-state index in [2.05, 4.69) is 5.10 Å². The van der Waals surface area contributed by atoms with Gasteiger partial charge >= 0.3 is 0 Å². The third kappa shape index (κ3) is 2.81. The molecule has 0 atom stereocenters. The summed E-state index contributed by atoms with van der Waals surface area (Å²) in [6.07, 6.45) is 0.769. The molecule has 0 aliphatic rings. The number of sulfonamides is 1. The topological polar surface area (TPSA) is 55.2 Å². The van der Waals surface area contributed by atoms with Crippen LogP contribution in [0.5, 0.6) is 0 Å². The van der Waals surface area contributed by atoms with Crippen LogP contribution in [0.1, 0.15) is 17.8 Å². The van der Waals surface area contributed by atoms with Crippen LogP contribution in [0.25, 0.3) is 0 Å². The summed E-state index contributed by atoms with van der Waals surface area (Å²) in [6, 6.07) is 0. The van der Waals surface area contributed by atoms with Crippen molar-refractivity contribution >= 4 is 21.6 Å². The molecule has 1 rings (SSSR count). The van der Waals surface area contributed by atoms with Crippen molar-refractivity contribution in [2.24, 2.45) is 0 Å². The summed E-state index contributed by atoms with van der Waals surface area (Å²) in [4.78, 5) is 0.303. The van der Waals surface area contributed by atoms with Gasteiger partial charge in [-0.3, -0.25) is 4.68 Å². The second-order valence-electron chi connectivity index (χ2n) is 4.05. The average Bonchev–Trinajstić information content (AvgIpc) is 2.51. The van der Waals surface area contributed by atoms with Gasteiger partial charge in [0, 0.05) is 26.5 Å². The highest BCUT2D eigenvalue weighted by molar-refractivity contribution is 7.89. The fourth-order valence-corrected chi connectivity index (χ4v) is 3.04. The molecule has 1 heterocycles. The van der Waals surface area contributed by atoms with Crippen LogP contribution in [-0.2, 0) is 16.6 Å². The predicted molar refractivity (Wildman–Crippen MR) is 67.9 cm³/mol. The molecule has 5 nitrogen and oxygen atoms in total. The van der Waals surface area contributed by atoms with Crippen molar-refractivity contribution in [1.82, 2.24) is 14.1 Å². The van der Waals surface area contributed by atoms with Crippen molar-refractivity contribution in [3.05, 3.63) is 11.4 Å². The number of rotatable bonds is 5. The number of halogens is 1. The van der Waals surface area contributed by atoms with Gasteiger partial charge in [0.1, 0.15) is 4.90 Å². The number of hydrogen-bond donors (Lipinski definition) is 0. The molecule has 0 saturated carbocycles. The highest BCUT2D eigenvalue weighted by atomic mass is 35.5. The molecule has 1 aromatic rings. The smallest absolute Gasteiger partial charge is 0.246 e. The van der Waals surface area contributed by atoms with Gasteiger partial charge in [0.25, 0.3) is 0 Å². The van der Waals surface area contributed by atoms with E-state index in [1.54, 1.807) is 18.5 Å². The molecule has 7 heteroatoms. The Bertz CT molecular complexity index is 494. The fraction of sp³-hybridized carbons (Fsp3) is 0.700. The molecule has 0 aromatic carbocycles. The Morgan fingerprint density at radius 1 is 1.35 bits per heavy atom. The number of hydrogen-bond acceptors (Lipinski definition) is 3. The van der Waals surface area contributed by atoms with E-state index in [1.165, 1.54) is 18.4 Å². The fourth-order valence-electron chi connectivity index (χ4n) is 1.66. The maximum atomic E-state index is 12.1. The second kappa shape index (κ2) is 5.37. The van der Waals surface area contributed by atoms with Gasteiger partial charge in [-0.25, -0.2) is 12.7 Å². The molecule has 0 aliphatic heterocycles. The number of alkyl halides is 1.